The molecule has 2 aromatic heterocycles. The summed E-state index contributed by atoms with van der Waals surface area (Å²) in [7, 11) is 1.64. The van der Waals surface area contributed by atoms with Gasteiger partial charge in [0.15, 0.2) is 16.9 Å². The van der Waals surface area contributed by atoms with E-state index in [1.165, 1.54) is 23.6 Å². The lowest BCUT2D eigenvalue weighted by atomic mass is 9.97. The van der Waals surface area contributed by atoms with E-state index in [4.69, 9.17) is 18.9 Å². The second-order valence-electron chi connectivity index (χ2n) is 7.38. The van der Waals surface area contributed by atoms with Crippen molar-refractivity contribution in [1.82, 2.24) is 9.55 Å². The van der Waals surface area contributed by atoms with E-state index in [1.54, 1.807) is 23.3 Å². The first-order valence-electron chi connectivity index (χ1n) is 10.1. The highest BCUT2D eigenvalue weighted by molar-refractivity contribution is 7.07. The molecule has 3 aromatic rings. The number of carboxylic acids is 1. The Kier molecular flexibility index (Phi) is 5.32. The number of aromatic carboxylic acids is 1. The Balaban J connectivity index is 1.68. The number of ether oxygens (including phenoxy) is 4. The summed E-state index contributed by atoms with van der Waals surface area (Å²) in [6.45, 7) is 1.52. The second kappa shape index (κ2) is 8.29. The number of benzene rings is 1. The van der Waals surface area contributed by atoms with Crippen molar-refractivity contribution in [3.63, 3.8) is 0 Å². The molecule has 32 heavy (non-hydrogen) atoms. The number of rotatable bonds is 7. The molecule has 0 bridgehead atoms. The van der Waals surface area contributed by atoms with Crippen LogP contribution in [0.3, 0.4) is 0 Å². The minimum absolute atomic E-state index is 0.327. The summed E-state index contributed by atoms with van der Waals surface area (Å²) in [5.41, 5.74) is 3.54. The molecule has 166 valence electrons. The second-order valence-corrected chi connectivity index (χ2v) is 8.10. The average Bonchev–Trinajstić information content (AvgIpc) is 3.47. The predicted molar refractivity (Wildman–Crippen MR) is 115 cm³/mol. The molecule has 0 aliphatic carbocycles. The van der Waals surface area contributed by atoms with Gasteiger partial charge in [0.05, 0.1) is 24.4 Å². The van der Waals surface area contributed by atoms with Gasteiger partial charge in [-0.05, 0) is 0 Å². The summed E-state index contributed by atoms with van der Waals surface area (Å²) in [6.07, 6.45) is 1.95. The van der Waals surface area contributed by atoms with Gasteiger partial charge >= 0.3 is 5.97 Å². The molecular weight excluding hydrogens is 436 g/mol. The fourth-order valence-corrected chi connectivity index (χ4v) is 4.57. The normalized spacial score (nSPS) is 15.8. The molecule has 1 atom stereocenters. The Morgan fingerprint density at radius 3 is 3.00 bits per heavy atom. The summed E-state index contributed by atoms with van der Waals surface area (Å²) < 4.78 is 24.9. The molecule has 0 saturated carbocycles. The first kappa shape index (κ1) is 20.5. The summed E-state index contributed by atoms with van der Waals surface area (Å²) in [6, 6.07) is 3.12. The third kappa shape index (κ3) is 3.41. The van der Waals surface area contributed by atoms with Gasteiger partial charge in [0.1, 0.15) is 17.0 Å². The van der Waals surface area contributed by atoms with E-state index < -0.39 is 17.6 Å². The van der Waals surface area contributed by atoms with Crippen molar-refractivity contribution in [3.05, 3.63) is 56.3 Å². The maximum atomic E-state index is 12.6. The van der Waals surface area contributed by atoms with Crippen LogP contribution in [0.4, 0.5) is 0 Å². The first-order chi connectivity index (χ1) is 15.6. The van der Waals surface area contributed by atoms with Crippen molar-refractivity contribution in [3.8, 4) is 28.5 Å². The summed E-state index contributed by atoms with van der Waals surface area (Å²) >= 11 is 1.40. The van der Waals surface area contributed by atoms with Crippen LogP contribution in [0, 0.1) is 0 Å². The molecule has 1 N–H and O–H groups in total. The summed E-state index contributed by atoms with van der Waals surface area (Å²) in [4.78, 5) is 28.6. The van der Waals surface area contributed by atoms with Crippen molar-refractivity contribution in [1.29, 1.82) is 0 Å². The number of hydrogen-bond donors (Lipinski definition) is 1. The number of aromatic nitrogens is 2. The lowest BCUT2D eigenvalue weighted by Crippen LogP contribution is -2.28. The zero-order valence-corrected chi connectivity index (χ0v) is 18.0. The van der Waals surface area contributed by atoms with Gasteiger partial charge in [-0.3, -0.25) is 4.79 Å². The molecule has 0 amide bonds. The van der Waals surface area contributed by atoms with Crippen molar-refractivity contribution in [2.45, 2.75) is 19.1 Å². The van der Waals surface area contributed by atoms with Gasteiger partial charge in [-0.1, -0.05) is 0 Å². The van der Waals surface area contributed by atoms with Crippen molar-refractivity contribution in [2.24, 2.45) is 0 Å². The van der Waals surface area contributed by atoms with Gasteiger partial charge in [-0.25, -0.2) is 9.78 Å². The van der Waals surface area contributed by atoms with Gasteiger partial charge in [-0.2, -0.15) is 0 Å². The van der Waals surface area contributed by atoms with E-state index in [1.807, 2.05) is 5.38 Å². The molecule has 0 fully saturated rings. The number of nitrogens with zero attached hydrogens (tertiary/aromatic N) is 2. The van der Waals surface area contributed by atoms with E-state index >= 15 is 0 Å². The van der Waals surface area contributed by atoms with Gasteiger partial charge in [-0.15, -0.1) is 11.3 Å². The fraction of sp³-hybridized carbons (Fsp3) is 0.318. The maximum absolute atomic E-state index is 12.6. The number of thiazole rings is 1. The Bertz CT molecular complexity index is 1240. The standard InChI is InChI=1S/C22H20N2O7S/c1-28-4-2-5-29-18-8-17-19(12-3-6-30-20(12)18)15-7-16(25)13(22(26)27)9-24(15)21(31-17)14-10-32-11-23-14/h7-11,21H,2-6H2,1H3,(H,26,27). The van der Waals surface area contributed by atoms with Crippen LogP contribution in [-0.2, 0) is 11.2 Å². The minimum Gasteiger partial charge on any atom is -0.489 e. The van der Waals surface area contributed by atoms with Crippen LogP contribution in [-0.4, -0.2) is 47.6 Å². The summed E-state index contributed by atoms with van der Waals surface area (Å²) in [5, 5.41) is 11.3. The number of carboxylic acid groups (broad SMARTS) is 1. The highest BCUT2D eigenvalue weighted by Crippen LogP contribution is 2.51. The van der Waals surface area contributed by atoms with Crippen LogP contribution < -0.4 is 19.6 Å². The van der Waals surface area contributed by atoms with Crippen LogP contribution in [0.5, 0.6) is 17.2 Å². The lowest BCUT2D eigenvalue weighted by molar-refractivity contribution is 0.0693. The van der Waals surface area contributed by atoms with Gasteiger partial charge in [0.2, 0.25) is 6.23 Å². The monoisotopic (exact) mass is 456 g/mol. The van der Waals surface area contributed by atoms with E-state index in [0.29, 0.717) is 60.4 Å². The number of hydrogen-bond acceptors (Lipinski definition) is 8. The van der Waals surface area contributed by atoms with Crippen LogP contribution in [0.25, 0.3) is 11.3 Å². The Hall–Kier alpha value is -3.37. The third-order valence-corrected chi connectivity index (χ3v) is 6.02. The molecule has 4 heterocycles. The highest BCUT2D eigenvalue weighted by atomic mass is 32.1. The van der Waals surface area contributed by atoms with E-state index in [2.05, 4.69) is 4.98 Å². The van der Waals surface area contributed by atoms with Crippen LogP contribution >= 0.6 is 11.3 Å². The van der Waals surface area contributed by atoms with Crippen molar-refractivity contribution in [2.75, 3.05) is 26.9 Å². The molecule has 2 aliphatic rings. The first-order valence-corrected chi connectivity index (χ1v) is 11.0. The molecule has 1 unspecified atom stereocenters. The number of carbonyl (C=O) groups is 1. The topological polar surface area (TPSA) is 109 Å². The Morgan fingerprint density at radius 1 is 1.38 bits per heavy atom. The summed E-state index contributed by atoms with van der Waals surface area (Å²) in [5.74, 6) is 0.443. The number of pyridine rings is 1. The van der Waals surface area contributed by atoms with Gasteiger partial charge in [0, 0.05) is 61.4 Å². The Labute approximate surface area is 186 Å². The molecule has 9 nitrogen and oxygen atoms in total. The SMILES string of the molecule is COCCCOc1cc2c(c3c1OCC3)-c1cc(=O)c(C(=O)O)cn1C(c1cscn1)O2. The van der Waals surface area contributed by atoms with Gasteiger partial charge < -0.3 is 28.6 Å². The number of methoxy groups -OCH3 is 1. The van der Waals surface area contributed by atoms with Crippen LogP contribution in [0.15, 0.2) is 34.0 Å². The predicted octanol–water partition coefficient (Wildman–Crippen LogP) is 2.96. The van der Waals surface area contributed by atoms with E-state index in [9.17, 15) is 14.7 Å². The van der Waals surface area contributed by atoms with E-state index in [0.717, 1.165) is 12.0 Å². The molecule has 0 radical (unpaired) electrons. The molecular formula is C22H20N2O7S. The van der Waals surface area contributed by atoms with E-state index in [-0.39, 0.29) is 5.56 Å². The smallest absolute Gasteiger partial charge is 0.341 e. The average molecular weight is 456 g/mol. The number of fused-ring (bicyclic) bond motifs is 5. The molecule has 1 aromatic carbocycles. The van der Waals surface area contributed by atoms with Crippen LogP contribution in [0.1, 0.15) is 34.3 Å². The van der Waals surface area contributed by atoms with Crippen LogP contribution in [0.2, 0.25) is 0 Å². The zero-order chi connectivity index (χ0) is 22.2. The highest BCUT2D eigenvalue weighted by Gasteiger charge is 2.35. The third-order valence-electron chi connectivity index (χ3n) is 5.42. The molecule has 2 aliphatic heterocycles. The molecule has 5 rings (SSSR count). The molecule has 0 spiro atoms. The zero-order valence-electron chi connectivity index (χ0n) is 17.2. The Morgan fingerprint density at radius 2 is 2.25 bits per heavy atom. The minimum atomic E-state index is -1.29. The maximum Gasteiger partial charge on any atom is 0.341 e. The molecule has 0 saturated heterocycles. The molecule has 10 heteroatoms. The fourth-order valence-electron chi connectivity index (χ4n) is 4.01. The quantitative estimate of drug-likeness (QED) is 0.541. The lowest BCUT2D eigenvalue weighted by Gasteiger charge is -2.32. The largest absolute Gasteiger partial charge is 0.489 e. The van der Waals surface area contributed by atoms with Gasteiger partial charge in [0.25, 0.3) is 0 Å². The van der Waals surface area contributed by atoms with Crippen molar-refractivity contribution >= 4 is 17.3 Å². The van der Waals surface area contributed by atoms with Crippen molar-refractivity contribution < 1.29 is 28.8 Å².